The van der Waals surface area contributed by atoms with E-state index in [-0.39, 0.29) is 28.4 Å². The molecule has 3 aromatic carbocycles. The summed E-state index contributed by atoms with van der Waals surface area (Å²) in [5, 5.41) is 4.45. The Morgan fingerprint density at radius 2 is 1.61 bits per heavy atom. The molecule has 3 aromatic heterocycles. The summed E-state index contributed by atoms with van der Waals surface area (Å²) in [6, 6.07) is 16.6. The number of nitrogens with one attached hydrogen (secondary N) is 1. The number of halogens is 2. The van der Waals surface area contributed by atoms with Crippen molar-refractivity contribution in [3.63, 3.8) is 0 Å². The van der Waals surface area contributed by atoms with Gasteiger partial charge in [0.25, 0.3) is 5.56 Å². The zero-order valence-corrected chi connectivity index (χ0v) is 21.8. The van der Waals surface area contributed by atoms with E-state index < -0.39 is 11.6 Å². The predicted octanol–water partition coefficient (Wildman–Crippen LogP) is 6.16. The zero-order valence-electron chi connectivity index (χ0n) is 21.8. The SMILES string of the molecule is COc1cc2ncnc(Oc3ccc(Nc4nccc5ccn(-c6ccc(F)cc6)c(=O)c45)cc3F)c2cc1OC. The number of aromatic nitrogens is 4. The number of hydrogen-bond donors (Lipinski definition) is 1. The molecule has 41 heavy (non-hydrogen) atoms. The van der Waals surface area contributed by atoms with Gasteiger partial charge in [0.2, 0.25) is 5.88 Å². The molecule has 0 amide bonds. The van der Waals surface area contributed by atoms with Crippen LogP contribution in [0.4, 0.5) is 20.3 Å². The third kappa shape index (κ3) is 4.84. The lowest BCUT2D eigenvalue weighted by Crippen LogP contribution is -2.19. The summed E-state index contributed by atoms with van der Waals surface area (Å²) in [6.07, 6.45) is 4.46. The molecule has 1 N–H and O–H groups in total. The van der Waals surface area contributed by atoms with Crippen LogP contribution in [0.25, 0.3) is 27.4 Å². The second kappa shape index (κ2) is 10.5. The lowest BCUT2D eigenvalue weighted by Gasteiger charge is -2.13. The molecule has 0 aliphatic rings. The van der Waals surface area contributed by atoms with Crippen LogP contribution in [0.1, 0.15) is 0 Å². The van der Waals surface area contributed by atoms with Crippen molar-refractivity contribution < 1.29 is 23.0 Å². The van der Waals surface area contributed by atoms with E-state index in [0.717, 1.165) is 0 Å². The number of pyridine rings is 2. The topological polar surface area (TPSA) is 100 Å². The Morgan fingerprint density at radius 1 is 0.829 bits per heavy atom. The van der Waals surface area contributed by atoms with Crippen molar-refractivity contribution in [3.8, 4) is 28.8 Å². The molecule has 9 nitrogen and oxygen atoms in total. The molecule has 0 bridgehead atoms. The zero-order chi connectivity index (χ0) is 28.5. The van der Waals surface area contributed by atoms with Gasteiger partial charge in [-0.15, -0.1) is 0 Å². The summed E-state index contributed by atoms with van der Waals surface area (Å²) in [5.41, 5.74) is 0.992. The molecule has 0 aliphatic heterocycles. The van der Waals surface area contributed by atoms with Crippen LogP contribution in [0.15, 0.2) is 90.2 Å². The van der Waals surface area contributed by atoms with Gasteiger partial charge in [-0.05, 0) is 60.0 Å². The second-order valence-electron chi connectivity index (χ2n) is 8.87. The van der Waals surface area contributed by atoms with Gasteiger partial charge in [-0.25, -0.2) is 23.7 Å². The minimum atomic E-state index is -0.675. The number of anilines is 2. The molecule has 11 heteroatoms. The first-order valence-corrected chi connectivity index (χ1v) is 12.3. The summed E-state index contributed by atoms with van der Waals surface area (Å²) in [5.74, 6) is 0.140. The van der Waals surface area contributed by atoms with Crippen LogP contribution < -0.4 is 25.1 Å². The Bertz CT molecular complexity index is 1980. The number of rotatable bonds is 7. The molecule has 3 heterocycles. The van der Waals surface area contributed by atoms with Crippen molar-refractivity contribution in [1.29, 1.82) is 0 Å². The smallest absolute Gasteiger partial charge is 0.266 e. The van der Waals surface area contributed by atoms with E-state index in [1.54, 1.807) is 42.7 Å². The Balaban J connectivity index is 1.32. The molecular formula is C30H21F2N5O4. The normalized spacial score (nSPS) is 11.0. The van der Waals surface area contributed by atoms with Crippen LogP contribution in [0.3, 0.4) is 0 Å². The van der Waals surface area contributed by atoms with Crippen molar-refractivity contribution in [1.82, 2.24) is 19.5 Å². The fourth-order valence-corrected chi connectivity index (χ4v) is 4.43. The molecule has 0 radical (unpaired) electrons. The molecule has 0 aliphatic carbocycles. The maximum Gasteiger partial charge on any atom is 0.266 e. The summed E-state index contributed by atoms with van der Waals surface area (Å²) in [4.78, 5) is 26.1. The fourth-order valence-electron chi connectivity index (χ4n) is 4.43. The minimum Gasteiger partial charge on any atom is -0.493 e. The van der Waals surface area contributed by atoms with Gasteiger partial charge in [-0.1, -0.05) is 0 Å². The van der Waals surface area contributed by atoms with Gasteiger partial charge in [0.15, 0.2) is 23.1 Å². The van der Waals surface area contributed by atoms with E-state index in [1.807, 2.05) is 0 Å². The summed E-state index contributed by atoms with van der Waals surface area (Å²) in [7, 11) is 3.02. The van der Waals surface area contributed by atoms with Crippen LogP contribution in [-0.2, 0) is 0 Å². The van der Waals surface area contributed by atoms with Crippen LogP contribution in [-0.4, -0.2) is 33.7 Å². The summed E-state index contributed by atoms with van der Waals surface area (Å²) >= 11 is 0. The number of fused-ring (bicyclic) bond motifs is 2. The average molecular weight is 554 g/mol. The molecule has 0 spiro atoms. The van der Waals surface area contributed by atoms with Crippen LogP contribution in [0, 0.1) is 11.6 Å². The highest BCUT2D eigenvalue weighted by Crippen LogP contribution is 2.36. The molecule has 6 rings (SSSR count). The lowest BCUT2D eigenvalue weighted by molar-refractivity contribution is 0.355. The number of benzene rings is 3. The van der Waals surface area contributed by atoms with E-state index >= 15 is 4.39 Å². The summed E-state index contributed by atoms with van der Waals surface area (Å²) in [6.45, 7) is 0. The summed E-state index contributed by atoms with van der Waals surface area (Å²) < 4.78 is 46.5. The van der Waals surface area contributed by atoms with Crippen LogP contribution >= 0.6 is 0 Å². The third-order valence-electron chi connectivity index (χ3n) is 6.43. The Labute approximate surface area is 231 Å². The molecule has 0 saturated heterocycles. The highest BCUT2D eigenvalue weighted by molar-refractivity contribution is 5.92. The molecule has 0 fully saturated rings. The van der Waals surface area contributed by atoms with Gasteiger partial charge in [-0.3, -0.25) is 9.36 Å². The maximum atomic E-state index is 15.2. The van der Waals surface area contributed by atoms with Crippen molar-refractivity contribution in [3.05, 3.63) is 107 Å². The van der Waals surface area contributed by atoms with Crippen molar-refractivity contribution in [2.24, 2.45) is 0 Å². The van der Waals surface area contributed by atoms with Gasteiger partial charge in [0, 0.05) is 35.9 Å². The first-order chi connectivity index (χ1) is 19.9. The van der Waals surface area contributed by atoms with Gasteiger partial charge < -0.3 is 19.5 Å². The molecule has 6 aromatic rings. The van der Waals surface area contributed by atoms with E-state index in [0.29, 0.717) is 39.2 Å². The fraction of sp³-hybridized carbons (Fsp3) is 0.0667. The van der Waals surface area contributed by atoms with Gasteiger partial charge in [0.1, 0.15) is 18.0 Å². The Morgan fingerprint density at radius 3 is 2.37 bits per heavy atom. The Hall–Kier alpha value is -5.58. The first kappa shape index (κ1) is 25.7. The van der Waals surface area contributed by atoms with E-state index in [9.17, 15) is 9.18 Å². The number of ether oxygens (including phenoxy) is 3. The second-order valence-corrected chi connectivity index (χ2v) is 8.87. The van der Waals surface area contributed by atoms with Crippen LogP contribution in [0.2, 0.25) is 0 Å². The average Bonchev–Trinajstić information content (AvgIpc) is 2.99. The largest absolute Gasteiger partial charge is 0.493 e. The predicted molar refractivity (Wildman–Crippen MR) is 150 cm³/mol. The highest BCUT2D eigenvalue weighted by atomic mass is 19.1. The quantitative estimate of drug-likeness (QED) is 0.251. The molecule has 204 valence electrons. The van der Waals surface area contributed by atoms with Gasteiger partial charge in [-0.2, -0.15) is 0 Å². The van der Waals surface area contributed by atoms with Crippen molar-refractivity contribution >= 4 is 33.2 Å². The van der Waals surface area contributed by atoms with E-state index in [4.69, 9.17) is 14.2 Å². The first-order valence-electron chi connectivity index (χ1n) is 12.3. The number of hydrogen-bond acceptors (Lipinski definition) is 8. The lowest BCUT2D eigenvalue weighted by atomic mass is 10.2. The van der Waals surface area contributed by atoms with E-state index in [1.165, 1.54) is 61.5 Å². The Kier molecular flexibility index (Phi) is 6.60. The minimum absolute atomic E-state index is 0.0742. The van der Waals surface area contributed by atoms with E-state index in [2.05, 4.69) is 20.3 Å². The third-order valence-corrected chi connectivity index (χ3v) is 6.43. The van der Waals surface area contributed by atoms with Gasteiger partial charge >= 0.3 is 0 Å². The standard InChI is InChI=1S/C30H21F2N5O4/c1-39-25-14-21-23(15-26(25)40-2)34-16-35-29(21)41-24-8-5-19(13-22(24)32)36-28-27-17(9-11-33-28)10-12-37(30(27)38)20-6-3-18(31)4-7-20/h3-16H,1-2H3,(H,33,36). The molecular weight excluding hydrogens is 532 g/mol. The van der Waals surface area contributed by atoms with Crippen molar-refractivity contribution in [2.45, 2.75) is 0 Å². The maximum absolute atomic E-state index is 15.2. The van der Waals surface area contributed by atoms with Gasteiger partial charge in [0.05, 0.1) is 30.5 Å². The van der Waals surface area contributed by atoms with Crippen molar-refractivity contribution in [2.75, 3.05) is 19.5 Å². The highest BCUT2D eigenvalue weighted by Gasteiger charge is 2.16. The number of methoxy groups -OCH3 is 2. The number of nitrogens with zero attached hydrogens (tertiary/aromatic N) is 4. The monoisotopic (exact) mass is 553 g/mol. The van der Waals surface area contributed by atoms with Crippen LogP contribution in [0.5, 0.6) is 23.1 Å². The molecule has 0 saturated carbocycles. The molecule has 0 atom stereocenters. The molecule has 0 unspecified atom stereocenters.